The zero-order chi connectivity index (χ0) is 18.1. The van der Waals surface area contributed by atoms with Crippen molar-refractivity contribution in [2.24, 2.45) is 0 Å². The van der Waals surface area contributed by atoms with Crippen molar-refractivity contribution in [2.75, 3.05) is 0 Å². The van der Waals surface area contributed by atoms with Crippen LogP contribution in [0.2, 0.25) is 0 Å². The van der Waals surface area contributed by atoms with E-state index in [2.05, 4.69) is 21.3 Å². The van der Waals surface area contributed by atoms with E-state index in [0.717, 1.165) is 11.3 Å². The molecule has 0 spiro atoms. The van der Waals surface area contributed by atoms with E-state index < -0.39 is 0 Å². The molecule has 126 valence electrons. The van der Waals surface area contributed by atoms with Crippen LogP contribution in [-0.4, -0.2) is 29.7 Å². The molecule has 3 heterocycles. The molecule has 0 atom stereocenters. The summed E-state index contributed by atoms with van der Waals surface area (Å²) in [5.74, 6) is 0.507. The smallest absolute Gasteiger partial charge is 0.223 e. The highest BCUT2D eigenvalue weighted by Gasteiger charge is 2.18. The molecule has 4 rings (SSSR count). The van der Waals surface area contributed by atoms with E-state index in [-0.39, 0.29) is 5.88 Å². The van der Waals surface area contributed by atoms with Gasteiger partial charge in [-0.2, -0.15) is 20.1 Å². The molecule has 0 bridgehead atoms. The van der Waals surface area contributed by atoms with Crippen molar-refractivity contribution < 1.29 is 5.11 Å². The molecule has 0 aliphatic heterocycles. The molecule has 1 N–H and O–H groups in total. The third-order valence-electron chi connectivity index (χ3n) is 4.06. The molecule has 0 aliphatic carbocycles. The van der Waals surface area contributed by atoms with E-state index in [0.29, 0.717) is 22.6 Å². The minimum absolute atomic E-state index is 0.00606. The first-order valence-corrected chi connectivity index (χ1v) is 7.93. The zero-order valence-corrected chi connectivity index (χ0v) is 13.9. The molecule has 26 heavy (non-hydrogen) atoms. The Bertz CT molecular complexity index is 1090. The first-order valence-electron chi connectivity index (χ1n) is 7.93. The molecule has 0 unspecified atom stereocenters. The van der Waals surface area contributed by atoms with Crippen LogP contribution in [0.5, 0.6) is 5.88 Å². The van der Waals surface area contributed by atoms with Gasteiger partial charge < -0.3 is 5.11 Å². The largest absolute Gasteiger partial charge is 0.493 e. The second-order valence-corrected chi connectivity index (χ2v) is 5.71. The van der Waals surface area contributed by atoms with Crippen LogP contribution in [0.3, 0.4) is 0 Å². The van der Waals surface area contributed by atoms with Gasteiger partial charge in [-0.05, 0) is 42.8 Å². The fraction of sp³-hybridized carbons (Fsp3) is 0.0526. The maximum atomic E-state index is 10.7. The Morgan fingerprint density at radius 1 is 1.12 bits per heavy atom. The Labute approximate surface area is 149 Å². The van der Waals surface area contributed by atoms with Crippen LogP contribution in [0.1, 0.15) is 11.3 Å². The number of aromatic hydroxyl groups is 1. The van der Waals surface area contributed by atoms with Gasteiger partial charge in [0.2, 0.25) is 5.88 Å². The van der Waals surface area contributed by atoms with Gasteiger partial charge in [-0.25, -0.2) is 9.67 Å². The van der Waals surface area contributed by atoms with Gasteiger partial charge in [-0.1, -0.05) is 12.1 Å². The number of aromatic nitrogens is 5. The van der Waals surface area contributed by atoms with Crippen LogP contribution < -0.4 is 0 Å². The number of hydrogen-bond donors (Lipinski definition) is 1. The normalized spacial score (nSPS) is 10.6. The van der Waals surface area contributed by atoms with Crippen molar-refractivity contribution >= 4 is 0 Å². The van der Waals surface area contributed by atoms with Gasteiger partial charge in [0.25, 0.3) is 0 Å². The lowest BCUT2D eigenvalue weighted by atomic mass is 10.0. The van der Waals surface area contributed by atoms with E-state index in [1.54, 1.807) is 47.4 Å². The van der Waals surface area contributed by atoms with Crippen LogP contribution in [0.25, 0.3) is 22.6 Å². The molecular formula is C19H14N6O. The highest BCUT2D eigenvalue weighted by molar-refractivity contribution is 5.72. The van der Waals surface area contributed by atoms with Crippen LogP contribution >= 0.6 is 0 Å². The second-order valence-electron chi connectivity index (χ2n) is 5.71. The molecule has 0 radical (unpaired) electrons. The Kier molecular flexibility index (Phi) is 3.71. The molecule has 4 aromatic rings. The molecule has 0 amide bonds. The number of benzene rings is 1. The summed E-state index contributed by atoms with van der Waals surface area (Å²) in [5.41, 5.74) is 3.46. The van der Waals surface area contributed by atoms with Crippen molar-refractivity contribution in [1.29, 1.82) is 5.26 Å². The first kappa shape index (κ1) is 15.6. The quantitative estimate of drug-likeness (QED) is 0.618. The molecule has 1 aromatic carbocycles. The van der Waals surface area contributed by atoms with Gasteiger partial charge in [0, 0.05) is 12.4 Å². The molecule has 0 aliphatic rings. The second kappa shape index (κ2) is 6.18. The molecule has 7 heteroatoms. The molecule has 0 saturated carbocycles. The van der Waals surface area contributed by atoms with E-state index in [9.17, 15) is 5.11 Å². The molecular weight excluding hydrogens is 328 g/mol. The molecule has 0 fully saturated rings. The highest BCUT2D eigenvalue weighted by atomic mass is 16.3. The minimum Gasteiger partial charge on any atom is -0.493 e. The molecule has 3 aromatic heterocycles. The van der Waals surface area contributed by atoms with Crippen molar-refractivity contribution in [3.63, 3.8) is 0 Å². The summed E-state index contributed by atoms with van der Waals surface area (Å²) in [7, 11) is 0. The predicted octanol–water partition coefficient (Wildman–Crippen LogP) is 3.01. The van der Waals surface area contributed by atoms with Gasteiger partial charge in [0.15, 0.2) is 5.82 Å². The van der Waals surface area contributed by atoms with Crippen molar-refractivity contribution in [2.45, 2.75) is 6.92 Å². The highest BCUT2D eigenvalue weighted by Crippen LogP contribution is 2.33. The lowest BCUT2D eigenvalue weighted by molar-refractivity contribution is 0.433. The fourth-order valence-corrected chi connectivity index (χ4v) is 2.78. The molecule has 7 nitrogen and oxygen atoms in total. The van der Waals surface area contributed by atoms with Gasteiger partial charge in [-0.15, -0.1) is 0 Å². The van der Waals surface area contributed by atoms with Crippen molar-refractivity contribution in [1.82, 2.24) is 24.5 Å². The summed E-state index contributed by atoms with van der Waals surface area (Å²) in [6.45, 7) is 1.82. The number of hydrogen-bond acceptors (Lipinski definition) is 5. The lowest BCUT2D eigenvalue weighted by Crippen LogP contribution is -2.01. The Morgan fingerprint density at radius 3 is 2.54 bits per heavy atom. The van der Waals surface area contributed by atoms with Crippen LogP contribution in [0.4, 0.5) is 0 Å². The number of nitrogens with zero attached hydrogens (tertiary/aromatic N) is 6. The van der Waals surface area contributed by atoms with Gasteiger partial charge >= 0.3 is 0 Å². The predicted molar refractivity (Wildman–Crippen MR) is 95.0 cm³/mol. The Hall–Kier alpha value is -3.92. The van der Waals surface area contributed by atoms with E-state index >= 15 is 0 Å². The minimum atomic E-state index is 0.00606. The summed E-state index contributed by atoms with van der Waals surface area (Å²) in [5, 5.41) is 28.2. The van der Waals surface area contributed by atoms with Gasteiger partial charge in [-0.3, -0.25) is 0 Å². The fourth-order valence-electron chi connectivity index (χ4n) is 2.78. The summed E-state index contributed by atoms with van der Waals surface area (Å²) in [4.78, 5) is 4.38. The standard InChI is InChI=1S/C19H14N6O/c1-13-18(15-5-3-14(11-20)4-6-15)19(26)25(23-13)17-8-7-16(12-21-17)24-10-2-9-22-24/h2-10,12,26H,1H3. The maximum absolute atomic E-state index is 10.7. The third kappa shape index (κ3) is 2.59. The topological polar surface area (TPSA) is 92.6 Å². The van der Waals surface area contributed by atoms with E-state index in [1.807, 2.05) is 25.3 Å². The number of rotatable bonds is 3. The molecule has 0 saturated heterocycles. The van der Waals surface area contributed by atoms with Crippen LogP contribution in [-0.2, 0) is 0 Å². The summed E-state index contributed by atoms with van der Waals surface area (Å²) < 4.78 is 3.10. The van der Waals surface area contributed by atoms with E-state index in [1.165, 1.54) is 4.68 Å². The first-order chi connectivity index (χ1) is 12.7. The maximum Gasteiger partial charge on any atom is 0.223 e. The average Bonchev–Trinajstić information content (AvgIpc) is 3.31. The van der Waals surface area contributed by atoms with Crippen LogP contribution in [0.15, 0.2) is 61.1 Å². The summed E-state index contributed by atoms with van der Waals surface area (Å²) >= 11 is 0. The monoisotopic (exact) mass is 342 g/mol. The van der Waals surface area contributed by atoms with Crippen LogP contribution in [0, 0.1) is 18.3 Å². The number of pyridine rings is 1. The Balaban J connectivity index is 1.73. The van der Waals surface area contributed by atoms with Gasteiger partial charge in [0.1, 0.15) is 0 Å². The lowest BCUT2D eigenvalue weighted by Gasteiger charge is -2.05. The number of nitriles is 1. The Morgan fingerprint density at radius 2 is 1.92 bits per heavy atom. The third-order valence-corrected chi connectivity index (χ3v) is 4.06. The van der Waals surface area contributed by atoms with Gasteiger partial charge in [0.05, 0.1) is 34.8 Å². The van der Waals surface area contributed by atoms with E-state index in [4.69, 9.17) is 5.26 Å². The van der Waals surface area contributed by atoms with Crippen molar-refractivity contribution in [3.8, 4) is 34.6 Å². The number of aryl methyl sites for hydroxylation is 1. The summed E-state index contributed by atoms with van der Waals surface area (Å²) in [6.07, 6.45) is 5.19. The summed E-state index contributed by atoms with van der Waals surface area (Å²) in [6, 6.07) is 14.5. The zero-order valence-electron chi connectivity index (χ0n) is 13.9. The average molecular weight is 342 g/mol. The SMILES string of the molecule is Cc1nn(-c2ccc(-n3cccn3)cn2)c(O)c1-c1ccc(C#N)cc1. The van der Waals surface area contributed by atoms with Crippen molar-refractivity contribution in [3.05, 3.63) is 72.3 Å².